The van der Waals surface area contributed by atoms with Crippen molar-refractivity contribution >= 4 is 5.91 Å². The van der Waals surface area contributed by atoms with Gasteiger partial charge in [0.25, 0.3) is 0 Å². The molecule has 0 N–H and O–H groups in total. The van der Waals surface area contributed by atoms with Crippen molar-refractivity contribution in [3.05, 3.63) is 5.82 Å². The van der Waals surface area contributed by atoms with Crippen LogP contribution in [0.25, 0.3) is 0 Å². The number of hydrogen-bond donors (Lipinski definition) is 0. The van der Waals surface area contributed by atoms with Gasteiger partial charge >= 0.3 is 0 Å². The van der Waals surface area contributed by atoms with E-state index in [2.05, 4.69) is 27.3 Å². The third-order valence-electron chi connectivity index (χ3n) is 5.65. The number of nitrogens with zero attached hydrogens (tertiary/aromatic N) is 6. The first kappa shape index (κ1) is 19.2. The SMILES string of the molecule is COC[C@H]1CCN(C(=O)CCCn2nnnc2CN2CCC(C)CC2)C1. The van der Waals surface area contributed by atoms with Gasteiger partial charge in [-0.2, -0.15) is 0 Å². The van der Waals surface area contributed by atoms with E-state index in [0.29, 0.717) is 18.9 Å². The third kappa shape index (κ3) is 5.23. The molecule has 2 aliphatic heterocycles. The number of carbonyl (C=O) groups excluding carboxylic acids is 1. The van der Waals surface area contributed by atoms with Gasteiger partial charge in [0.2, 0.25) is 5.91 Å². The minimum absolute atomic E-state index is 0.239. The number of aromatic nitrogens is 4. The van der Waals surface area contributed by atoms with E-state index in [1.807, 2.05) is 9.58 Å². The number of piperidine rings is 1. The van der Waals surface area contributed by atoms with E-state index in [0.717, 1.165) is 63.9 Å². The molecule has 0 aliphatic carbocycles. The van der Waals surface area contributed by atoms with Gasteiger partial charge in [-0.15, -0.1) is 5.10 Å². The number of tetrazole rings is 1. The summed E-state index contributed by atoms with van der Waals surface area (Å²) in [5, 5.41) is 12.1. The molecule has 3 rings (SSSR count). The first-order valence-corrected chi connectivity index (χ1v) is 9.89. The molecule has 1 aromatic heterocycles. The second-order valence-electron chi connectivity index (χ2n) is 7.83. The van der Waals surface area contributed by atoms with Gasteiger partial charge in [-0.3, -0.25) is 9.69 Å². The Hall–Kier alpha value is -1.54. The Kier molecular flexibility index (Phi) is 6.96. The zero-order chi connectivity index (χ0) is 18.4. The van der Waals surface area contributed by atoms with Crippen molar-refractivity contribution in [1.29, 1.82) is 0 Å². The smallest absolute Gasteiger partial charge is 0.222 e. The standard InChI is InChI=1S/C18H32N6O2/c1-15-5-9-22(10-6-15)13-17-19-20-21-24(17)8-3-4-18(25)23-11-7-16(12-23)14-26-2/h15-16H,3-14H2,1-2H3/t16-/m0/s1. The fraction of sp³-hybridized carbons (Fsp3) is 0.889. The Morgan fingerprint density at radius 3 is 2.81 bits per heavy atom. The molecule has 1 amide bonds. The zero-order valence-electron chi connectivity index (χ0n) is 16.1. The molecule has 0 spiro atoms. The Labute approximate surface area is 155 Å². The third-order valence-corrected chi connectivity index (χ3v) is 5.65. The van der Waals surface area contributed by atoms with Crippen molar-refractivity contribution in [2.75, 3.05) is 39.9 Å². The Morgan fingerprint density at radius 1 is 1.23 bits per heavy atom. The van der Waals surface area contributed by atoms with E-state index in [1.165, 1.54) is 12.8 Å². The van der Waals surface area contributed by atoms with Crippen LogP contribution < -0.4 is 0 Å². The van der Waals surface area contributed by atoms with Crippen LogP contribution in [-0.4, -0.2) is 75.8 Å². The molecule has 8 heteroatoms. The number of carbonyl (C=O) groups is 1. The van der Waals surface area contributed by atoms with Gasteiger partial charge in [-0.1, -0.05) is 6.92 Å². The van der Waals surface area contributed by atoms with Crippen LogP contribution in [0.2, 0.25) is 0 Å². The zero-order valence-corrected chi connectivity index (χ0v) is 16.1. The number of amides is 1. The number of hydrogen-bond acceptors (Lipinski definition) is 6. The summed E-state index contributed by atoms with van der Waals surface area (Å²) in [6.07, 6.45) is 4.87. The fourth-order valence-corrected chi connectivity index (χ4v) is 3.90. The predicted octanol–water partition coefficient (Wildman–Crippen LogP) is 1.18. The lowest BCUT2D eigenvalue weighted by atomic mass is 9.99. The van der Waals surface area contributed by atoms with Crippen LogP contribution in [-0.2, 0) is 22.6 Å². The highest BCUT2D eigenvalue weighted by atomic mass is 16.5. The lowest BCUT2D eigenvalue weighted by Gasteiger charge is -2.29. The highest BCUT2D eigenvalue weighted by Crippen LogP contribution is 2.19. The van der Waals surface area contributed by atoms with E-state index in [1.54, 1.807) is 7.11 Å². The highest BCUT2D eigenvalue weighted by molar-refractivity contribution is 5.76. The van der Waals surface area contributed by atoms with E-state index in [4.69, 9.17) is 4.74 Å². The number of methoxy groups -OCH3 is 1. The van der Waals surface area contributed by atoms with Crippen LogP contribution in [0.15, 0.2) is 0 Å². The predicted molar refractivity (Wildman–Crippen MR) is 97.3 cm³/mol. The molecular formula is C18H32N6O2. The normalized spacial score (nSPS) is 22.2. The average molecular weight is 364 g/mol. The van der Waals surface area contributed by atoms with Gasteiger partial charge in [0, 0.05) is 39.1 Å². The minimum Gasteiger partial charge on any atom is -0.384 e. The van der Waals surface area contributed by atoms with Crippen molar-refractivity contribution in [2.24, 2.45) is 11.8 Å². The van der Waals surface area contributed by atoms with Crippen molar-refractivity contribution in [2.45, 2.75) is 52.1 Å². The van der Waals surface area contributed by atoms with Crippen LogP contribution in [0.4, 0.5) is 0 Å². The maximum absolute atomic E-state index is 12.4. The monoisotopic (exact) mass is 364 g/mol. The first-order valence-electron chi connectivity index (χ1n) is 9.89. The lowest BCUT2D eigenvalue weighted by molar-refractivity contribution is -0.130. The fourth-order valence-electron chi connectivity index (χ4n) is 3.90. The van der Waals surface area contributed by atoms with E-state index >= 15 is 0 Å². The number of rotatable bonds is 8. The molecule has 0 bridgehead atoms. The summed E-state index contributed by atoms with van der Waals surface area (Å²) in [5.41, 5.74) is 0. The summed E-state index contributed by atoms with van der Waals surface area (Å²) in [6, 6.07) is 0. The van der Waals surface area contributed by atoms with Gasteiger partial charge in [-0.25, -0.2) is 4.68 Å². The van der Waals surface area contributed by atoms with Crippen molar-refractivity contribution in [3.63, 3.8) is 0 Å². The highest BCUT2D eigenvalue weighted by Gasteiger charge is 2.25. The maximum atomic E-state index is 12.4. The van der Waals surface area contributed by atoms with Crippen molar-refractivity contribution in [3.8, 4) is 0 Å². The summed E-state index contributed by atoms with van der Waals surface area (Å²) in [5.74, 6) is 2.46. The Morgan fingerprint density at radius 2 is 2.04 bits per heavy atom. The number of likely N-dealkylation sites (tertiary alicyclic amines) is 2. The molecule has 1 aromatic rings. The van der Waals surface area contributed by atoms with Gasteiger partial charge in [0.15, 0.2) is 5.82 Å². The first-order chi connectivity index (χ1) is 12.7. The topological polar surface area (TPSA) is 76.4 Å². The average Bonchev–Trinajstić information content (AvgIpc) is 3.27. The molecule has 0 aromatic carbocycles. The van der Waals surface area contributed by atoms with Crippen LogP contribution in [0.3, 0.4) is 0 Å². The van der Waals surface area contributed by atoms with E-state index < -0.39 is 0 Å². The van der Waals surface area contributed by atoms with Crippen LogP contribution in [0, 0.1) is 11.8 Å². The van der Waals surface area contributed by atoms with E-state index in [9.17, 15) is 4.79 Å². The van der Waals surface area contributed by atoms with Crippen LogP contribution in [0.1, 0.15) is 44.9 Å². The maximum Gasteiger partial charge on any atom is 0.222 e. The molecule has 8 nitrogen and oxygen atoms in total. The molecule has 3 heterocycles. The quantitative estimate of drug-likeness (QED) is 0.689. The molecule has 2 saturated heterocycles. The summed E-state index contributed by atoms with van der Waals surface area (Å²) >= 11 is 0. The van der Waals surface area contributed by atoms with E-state index in [-0.39, 0.29) is 5.91 Å². The Balaban J connectivity index is 1.40. The molecule has 0 unspecified atom stereocenters. The summed E-state index contributed by atoms with van der Waals surface area (Å²) in [7, 11) is 1.72. The molecule has 2 aliphatic rings. The molecule has 146 valence electrons. The van der Waals surface area contributed by atoms with Crippen LogP contribution in [0.5, 0.6) is 0 Å². The number of aryl methyl sites for hydroxylation is 1. The molecule has 0 saturated carbocycles. The van der Waals surface area contributed by atoms with Gasteiger partial charge in [0.05, 0.1) is 13.2 Å². The van der Waals surface area contributed by atoms with Gasteiger partial charge in [-0.05, 0) is 55.1 Å². The van der Waals surface area contributed by atoms with Gasteiger partial charge < -0.3 is 9.64 Å². The number of ether oxygens (including phenoxy) is 1. The largest absolute Gasteiger partial charge is 0.384 e. The second kappa shape index (κ2) is 9.41. The second-order valence-corrected chi connectivity index (χ2v) is 7.83. The van der Waals surface area contributed by atoms with Gasteiger partial charge in [0.1, 0.15) is 0 Å². The summed E-state index contributed by atoms with van der Waals surface area (Å²) in [6.45, 7) is 8.48. The molecule has 26 heavy (non-hydrogen) atoms. The minimum atomic E-state index is 0.239. The van der Waals surface area contributed by atoms with Crippen LogP contribution >= 0.6 is 0 Å². The molecule has 1 atom stereocenters. The van der Waals surface area contributed by atoms with Crippen molar-refractivity contribution in [1.82, 2.24) is 30.0 Å². The molecule has 2 fully saturated rings. The summed E-state index contributed by atoms with van der Waals surface area (Å²) in [4.78, 5) is 16.8. The van der Waals surface area contributed by atoms with Crippen molar-refractivity contribution < 1.29 is 9.53 Å². The Bertz CT molecular complexity index is 570. The molecular weight excluding hydrogens is 332 g/mol. The molecule has 0 radical (unpaired) electrons. The lowest BCUT2D eigenvalue weighted by Crippen LogP contribution is -2.33. The summed E-state index contributed by atoms with van der Waals surface area (Å²) < 4.78 is 7.06.